The van der Waals surface area contributed by atoms with Crippen molar-refractivity contribution in [3.63, 3.8) is 0 Å². The van der Waals surface area contributed by atoms with E-state index in [1.54, 1.807) is 14.2 Å². The first-order valence-corrected chi connectivity index (χ1v) is 12.8. The van der Waals surface area contributed by atoms with Crippen LogP contribution in [0.25, 0.3) is 0 Å². The number of aromatic hydroxyl groups is 1. The van der Waals surface area contributed by atoms with Crippen LogP contribution in [0.4, 0.5) is 0 Å². The van der Waals surface area contributed by atoms with E-state index in [9.17, 15) is 14.7 Å². The summed E-state index contributed by atoms with van der Waals surface area (Å²) in [5.41, 5.74) is 1.77. The smallest absolute Gasteiger partial charge is 0.274 e. The number of nitrogens with zero attached hydrogens (tertiary/aromatic N) is 1. The molecule has 2 amide bonds. The highest BCUT2D eigenvalue weighted by Crippen LogP contribution is 2.31. The highest BCUT2D eigenvalue weighted by molar-refractivity contribution is 5.98. The van der Waals surface area contributed by atoms with Gasteiger partial charge >= 0.3 is 0 Å². The zero-order chi connectivity index (χ0) is 28.5. The lowest BCUT2D eigenvalue weighted by molar-refractivity contribution is -0.124. The third kappa shape index (κ3) is 6.98. The summed E-state index contributed by atoms with van der Waals surface area (Å²) in [6.45, 7) is 5.76. The Bertz CT molecular complexity index is 1200. The van der Waals surface area contributed by atoms with Gasteiger partial charge in [-0.05, 0) is 48.2 Å². The maximum absolute atomic E-state index is 13.6. The van der Waals surface area contributed by atoms with Gasteiger partial charge in [0.1, 0.15) is 17.5 Å². The Kier molecular flexibility index (Phi) is 10.1. The number of methoxy groups -OCH3 is 3. The van der Waals surface area contributed by atoms with Gasteiger partial charge in [-0.1, -0.05) is 44.5 Å². The van der Waals surface area contributed by atoms with Crippen molar-refractivity contribution in [2.75, 3.05) is 21.3 Å². The van der Waals surface area contributed by atoms with Crippen molar-refractivity contribution in [3.8, 4) is 23.0 Å². The van der Waals surface area contributed by atoms with Gasteiger partial charge in [-0.15, -0.1) is 0 Å². The Balaban J connectivity index is 1.88. The van der Waals surface area contributed by atoms with Crippen LogP contribution in [0.15, 0.2) is 60.8 Å². The number of hydrogen-bond donors (Lipinski definition) is 3. The minimum absolute atomic E-state index is 0.120. The Morgan fingerprint density at radius 3 is 1.85 bits per heavy atom. The summed E-state index contributed by atoms with van der Waals surface area (Å²) < 4.78 is 15.7. The van der Waals surface area contributed by atoms with E-state index in [1.165, 1.54) is 19.4 Å². The normalized spacial score (nSPS) is 13.2. The van der Waals surface area contributed by atoms with Crippen molar-refractivity contribution in [1.82, 2.24) is 15.6 Å². The van der Waals surface area contributed by atoms with E-state index in [0.29, 0.717) is 6.42 Å². The van der Waals surface area contributed by atoms with Crippen molar-refractivity contribution in [2.24, 2.45) is 5.92 Å². The molecule has 0 saturated carbocycles. The second-order valence-corrected chi connectivity index (χ2v) is 9.37. The quantitative estimate of drug-likeness (QED) is 0.316. The molecule has 208 valence electrons. The SMILES string of the molecule is CC[C@H](C)[C@H](NC(=O)c1nccc(OC)c1O)C(=O)N[C@@H](C)C(c1ccc(OC)cc1)c1ccc(OC)cc1. The standard InChI is InChI=1S/C30H37N3O6/c1-7-18(2)26(33-30(36)27-28(34)24(39-6)16-17-31-27)29(35)32-19(3)25(20-8-12-22(37-4)13-9-20)21-10-14-23(38-5)15-11-21/h8-19,25-26,34H,7H2,1-6H3,(H,32,35)(H,33,36)/t18-,19-,26-/m0/s1. The Hall–Kier alpha value is -4.27. The molecule has 0 fully saturated rings. The molecule has 0 aliphatic heterocycles. The third-order valence-corrected chi connectivity index (χ3v) is 6.92. The molecular formula is C30H37N3O6. The van der Waals surface area contributed by atoms with E-state index in [4.69, 9.17) is 14.2 Å². The second-order valence-electron chi connectivity index (χ2n) is 9.37. The Labute approximate surface area is 229 Å². The fourth-order valence-electron chi connectivity index (χ4n) is 4.47. The van der Waals surface area contributed by atoms with Gasteiger partial charge < -0.3 is 30.0 Å². The first-order chi connectivity index (χ1) is 18.7. The van der Waals surface area contributed by atoms with Crippen molar-refractivity contribution < 1.29 is 28.9 Å². The second kappa shape index (κ2) is 13.5. The molecule has 0 spiro atoms. The number of pyridine rings is 1. The lowest BCUT2D eigenvalue weighted by Crippen LogP contribution is -2.53. The number of nitrogens with one attached hydrogen (secondary N) is 2. The topological polar surface area (TPSA) is 119 Å². The monoisotopic (exact) mass is 535 g/mol. The van der Waals surface area contributed by atoms with Gasteiger partial charge in [-0.2, -0.15) is 0 Å². The predicted molar refractivity (Wildman–Crippen MR) is 149 cm³/mol. The van der Waals surface area contributed by atoms with Gasteiger partial charge in [-0.3, -0.25) is 9.59 Å². The molecule has 3 rings (SSSR count). The van der Waals surface area contributed by atoms with Crippen LogP contribution in [0, 0.1) is 5.92 Å². The first-order valence-electron chi connectivity index (χ1n) is 12.8. The minimum Gasteiger partial charge on any atom is -0.503 e. The average Bonchev–Trinajstić information content (AvgIpc) is 2.96. The van der Waals surface area contributed by atoms with E-state index in [0.717, 1.165) is 22.6 Å². The highest BCUT2D eigenvalue weighted by Gasteiger charge is 2.31. The van der Waals surface area contributed by atoms with Crippen LogP contribution < -0.4 is 24.8 Å². The summed E-state index contributed by atoms with van der Waals surface area (Å²) >= 11 is 0. The van der Waals surface area contributed by atoms with Crippen molar-refractivity contribution in [2.45, 2.75) is 45.2 Å². The molecular weight excluding hydrogens is 498 g/mol. The van der Waals surface area contributed by atoms with Gasteiger partial charge in [0.15, 0.2) is 17.2 Å². The van der Waals surface area contributed by atoms with Crippen LogP contribution in [0.3, 0.4) is 0 Å². The number of amides is 2. The van der Waals surface area contributed by atoms with Crippen LogP contribution in [0.5, 0.6) is 23.0 Å². The molecule has 0 bridgehead atoms. The van der Waals surface area contributed by atoms with Crippen molar-refractivity contribution in [1.29, 1.82) is 0 Å². The molecule has 1 aromatic heterocycles. The summed E-state index contributed by atoms with van der Waals surface area (Å²) in [6.07, 6.45) is 2.01. The zero-order valence-corrected chi connectivity index (χ0v) is 23.2. The number of benzene rings is 2. The largest absolute Gasteiger partial charge is 0.503 e. The van der Waals surface area contributed by atoms with Crippen LogP contribution in [0.1, 0.15) is 54.7 Å². The molecule has 0 unspecified atom stereocenters. The van der Waals surface area contributed by atoms with Gasteiger partial charge in [0, 0.05) is 24.2 Å². The fourth-order valence-corrected chi connectivity index (χ4v) is 4.47. The summed E-state index contributed by atoms with van der Waals surface area (Å²) in [7, 11) is 4.61. The molecule has 3 atom stereocenters. The van der Waals surface area contributed by atoms with Crippen molar-refractivity contribution >= 4 is 11.8 Å². The molecule has 2 aromatic carbocycles. The number of aromatic nitrogens is 1. The van der Waals surface area contributed by atoms with E-state index in [-0.39, 0.29) is 41.0 Å². The fraction of sp³-hybridized carbons (Fsp3) is 0.367. The molecule has 0 saturated heterocycles. The van der Waals surface area contributed by atoms with Crippen LogP contribution in [-0.4, -0.2) is 55.3 Å². The molecule has 1 heterocycles. The number of ether oxygens (including phenoxy) is 3. The Morgan fingerprint density at radius 1 is 0.846 bits per heavy atom. The zero-order valence-electron chi connectivity index (χ0n) is 23.2. The van der Waals surface area contributed by atoms with Gasteiger partial charge in [-0.25, -0.2) is 4.98 Å². The summed E-state index contributed by atoms with van der Waals surface area (Å²) in [5.74, 6) is -0.169. The average molecular weight is 536 g/mol. The van der Waals surface area contributed by atoms with Crippen LogP contribution >= 0.6 is 0 Å². The predicted octanol–water partition coefficient (Wildman–Crippen LogP) is 4.29. The highest BCUT2D eigenvalue weighted by atomic mass is 16.5. The van der Waals surface area contributed by atoms with E-state index in [2.05, 4.69) is 15.6 Å². The molecule has 0 radical (unpaired) electrons. The lowest BCUT2D eigenvalue weighted by atomic mass is 9.85. The minimum atomic E-state index is -0.857. The number of carbonyl (C=O) groups excluding carboxylic acids is 2. The molecule has 9 heteroatoms. The first kappa shape index (κ1) is 29.3. The molecule has 3 aromatic rings. The van der Waals surface area contributed by atoms with E-state index in [1.807, 2.05) is 69.3 Å². The molecule has 0 aliphatic rings. The van der Waals surface area contributed by atoms with Gasteiger partial charge in [0.25, 0.3) is 5.91 Å². The number of hydrogen-bond acceptors (Lipinski definition) is 7. The third-order valence-electron chi connectivity index (χ3n) is 6.92. The lowest BCUT2D eigenvalue weighted by Gasteiger charge is -2.30. The van der Waals surface area contributed by atoms with E-state index >= 15 is 0 Å². The molecule has 9 nitrogen and oxygen atoms in total. The Morgan fingerprint density at radius 2 is 1.38 bits per heavy atom. The number of rotatable bonds is 12. The van der Waals surface area contributed by atoms with Crippen LogP contribution in [0.2, 0.25) is 0 Å². The van der Waals surface area contributed by atoms with Gasteiger partial charge in [0.2, 0.25) is 5.91 Å². The van der Waals surface area contributed by atoms with Gasteiger partial charge in [0.05, 0.1) is 21.3 Å². The molecule has 3 N–H and O–H groups in total. The number of carbonyl (C=O) groups is 2. The van der Waals surface area contributed by atoms with Crippen LogP contribution in [-0.2, 0) is 4.79 Å². The summed E-state index contributed by atoms with van der Waals surface area (Å²) in [6, 6.07) is 15.7. The maximum Gasteiger partial charge on any atom is 0.274 e. The molecule has 0 aliphatic carbocycles. The van der Waals surface area contributed by atoms with E-state index < -0.39 is 11.9 Å². The summed E-state index contributed by atoms with van der Waals surface area (Å²) in [4.78, 5) is 30.7. The van der Waals surface area contributed by atoms with Crippen molar-refractivity contribution in [3.05, 3.63) is 77.6 Å². The summed E-state index contributed by atoms with van der Waals surface area (Å²) in [5, 5.41) is 16.3. The molecule has 39 heavy (non-hydrogen) atoms. The maximum atomic E-state index is 13.6.